The number of nitrogens with two attached hydrogens (primary N) is 1. The molecule has 0 radical (unpaired) electrons. The van der Waals surface area contributed by atoms with E-state index < -0.39 is 0 Å². The molecule has 5 rings (SSSR count). The van der Waals surface area contributed by atoms with Crippen LogP contribution in [0.5, 0.6) is 5.75 Å². The highest BCUT2D eigenvalue weighted by atomic mass is 35.5. The zero-order valence-electron chi connectivity index (χ0n) is 23.0. The monoisotopic (exact) mass is 551 g/mol. The van der Waals surface area contributed by atoms with Crippen LogP contribution in [0, 0.1) is 6.92 Å². The van der Waals surface area contributed by atoms with Crippen LogP contribution < -0.4 is 15.8 Å². The topological polar surface area (TPSA) is 93.2 Å². The number of fused-ring (bicyclic) bond motifs is 3. The Morgan fingerprint density at radius 1 is 1.15 bits per heavy atom. The number of anilines is 2. The van der Waals surface area contributed by atoms with E-state index in [9.17, 15) is 0 Å². The maximum Gasteiger partial charge on any atom is 0.152 e. The Morgan fingerprint density at radius 3 is 2.74 bits per heavy atom. The highest BCUT2D eigenvalue weighted by molar-refractivity contribution is 6.34. The second-order valence-electron chi connectivity index (χ2n) is 10.3. The van der Waals surface area contributed by atoms with Gasteiger partial charge in [-0.15, -0.1) is 0 Å². The molecule has 0 saturated carbocycles. The first-order valence-electron chi connectivity index (χ1n) is 13.6. The fourth-order valence-electron chi connectivity index (χ4n) is 5.13. The van der Waals surface area contributed by atoms with Crippen LogP contribution in [0.3, 0.4) is 0 Å². The molecule has 0 bridgehead atoms. The molecule has 4 aromatic rings. The van der Waals surface area contributed by atoms with Crippen molar-refractivity contribution in [2.75, 3.05) is 77.7 Å². The van der Waals surface area contributed by atoms with Crippen molar-refractivity contribution in [1.82, 2.24) is 24.2 Å². The maximum atomic E-state index is 6.88. The molecule has 0 amide bonds. The van der Waals surface area contributed by atoms with Gasteiger partial charge in [0.25, 0.3) is 0 Å². The van der Waals surface area contributed by atoms with E-state index in [0.29, 0.717) is 17.4 Å². The average molecular weight is 552 g/mol. The lowest BCUT2D eigenvalue weighted by molar-refractivity contribution is 0.0323. The third-order valence-corrected chi connectivity index (χ3v) is 7.52. The minimum Gasteiger partial charge on any atom is -0.489 e. The van der Waals surface area contributed by atoms with Gasteiger partial charge in [0.05, 0.1) is 42.5 Å². The maximum absolute atomic E-state index is 6.88. The molecule has 2 aromatic heterocycles. The van der Waals surface area contributed by atoms with Crippen molar-refractivity contribution in [3.8, 4) is 16.9 Å². The Balaban J connectivity index is 1.63. The summed E-state index contributed by atoms with van der Waals surface area (Å²) in [5, 5.41) is 4.32. The molecule has 0 aliphatic carbocycles. The molecule has 1 aliphatic rings. The highest BCUT2D eigenvalue weighted by Crippen LogP contribution is 2.46. The van der Waals surface area contributed by atoms with Gasteiger partial charge in [0.15, 0.2) is 5.75 Å². The molecule has 0 spiro atoms. The summed E-state index contributed by atoms with van der Waals surface area (Å²) < 4.78 is 14.2. The number of benzene rings is 2. The number of ether oxygens (including phenoxy) is 2. The summed E-state index contributed by atoms with van der Waals surface area (Å²) in [6.45, 7) is 8.58. The number of unbranched alkanes of at least 4 members (excludes halogenated alkanes) is 1. The van der Waals surface area contributed by atoms with Crippen LogP contribution in [-0.4, -0.2) is 90.8 Å². The third kappa shape index (κ3) is 6.06. The van der Waals surface area contributed by atoms with E-state index in [0.717, 1.165) is 103 Å². The molecule has 1 aliphatic heterocycles. The Hall–Kier alpha value is -3.11. The fourth-order valence-corrected chi connectivity index (χ4v) is 5.45. The predicted octanol–water partition coefficient (Wildman–Crippen LogP) is 4.56. The summed E-state index contributed by atoms with van der Waals surface area (Å²) in [4.78, 5) is 13.8. The molecule has 3 N–H and O–H groups in total. The second-order valence-corrected chi connectivity index (χ2v) is 10.7. The summed E-state index contributed by atoms with van der Waals surface area (Å²) in [6, 6.07) is 8.03. The molecular formula is C29H38ClN7O2. The van der Waals surface area contributed by atoms with Crippen LogP contribution in [0.25, 0.3) is 27.7 Å². The van der Waals surface area contributed by atoms with Crippen LogP contribution in [-0.2, 0) is 4.74 Å². The first-order chi connectivity index (χ1) is 18.9. The lowest BCUT2D eigenvalue weighted by atomic mass is 9.96. The minimum absolute atomic E-state index is 0.412. The van der Waals surface area contributed by atoms with Crippen LogP contribution >= 0.6 is 11.6 Å². The smallest absolute Gasteiger partial charge is 0.152 e. The van der Waals surface area contributed by atoms with Crippen LogP contribution in [0.1, 0.15) is 18.4 Å². The van der Waals surface area contributed by atoms with Gasteiger partial charge in [-0.2, -0.15) is 0 Å². The van der Waals surface area contributed by atoms with E-state index in [-0.39, 0.29) is 0 Å². The molecule has 9 nitrogen and oxygen atoms in total. The van der Waals surface area contributed by atoms with Crippen molar-refractivity contribution in [3.05, 3.63) is 47.4 Å². The number of hydrogen-bond acceptors (Lipinski definition) is 8. The van der Waals surface area contributed by atoms with E-state index in [1.807, 2.05) is 16.5 Å². The van der Waals surface area contributed by atoms with E-state index in [4.69, 9.17) is 31.8 Å². The third-order valence-electron chi connectivity index (χ3n) is 7.20. The molecule has 10 heteroatoms. The summed E-state index contributed by atoms with van der Waals surface area (Å²) >= 11 is 6.88. The van der Waals surface area contributed by atoms with Gasteiger partial charge in [0.2, 0.25) is 0 Å². The average Bonchev–Trinajstić information content (AvgIpc) is 3.41. The quantitative estimate of drug-likeness (QED) is 0.262. The second kappa shape index (κ2) is 12.4. The van der Waals surface area contributed by atoms with Gasteiger partial charge in [0.1, 0.15) is 23.5 Å². The molecule has 208 valence electrons. The molecule has 2 aromatic carbocycles. The summed E-state index contributed by atoms with van der Waals surface area (Å²) in [5.41, 5.74) is 12.5. The van der Waals surface area contributed by atoms with Gasteiger partial charge in [-0.25, -0.2) is 9.97 Å². The van der Waals surface area contributed by atoms with Gasteiger partial charge in [-0.1, -0.05) is 23.7 Å². The molecule has 0 atom stereocenters. The number of nitrogen functional groups attached to an aromatic ring is 1. The lowest BCUT2D eigenvalue weighted by Gasteiger charge is -2.27. The molecule has 1 saturated heterocycles. The van der Waals surface area contributed by atoms with Crippen molar-refractivity contribution >= 4 is 39.7 Å². The van der Waals surface area contributed by atoms with E-state index in [1.54, 1.807) is 12.5 Å². The van der Waals surface area contributed by atoms with Gasteiger partial charge >= 0.3 is 0 Å². The summed E-state index contributed by atoms with van der Waals surface area (Å²) in [6.07, 6.45) is 5.65. The van der Waals surface area contributed by atoms with Crippen molar-refractivity contribution in [2.45, 2.75) is 19.8 Å². The molecule has 39 heavy (non-hydrogen) atoms. The van der Waals surface area contributed by atoms with Gasteiger partial charge in [0, 0.05) is 36.8 Å². The Labute approximate surface area is 234 Å². The number of rotatable bonds is 11. The minimum atomic E-state index is 0.412. The van der Waals surface area contributed by atoms with E-state index in [2.05, 4.69) is 53.3 Å². The first kappa shape index (κ1) is 27.5. The van der Waals surface area contributed by atoms with Crippen LogP contribution in [0.2, 0.25) is 5.02 Å². The van der Waals surface area contributed by atoms with Crippen molar-refractivity contribution < 1.29 is 9.47 Å². The number of nitrogens with zero attached hydrogens (tertiary/aromatic N) is 5. The van der Waals surface area contributed by atoms with E-state index >= 15 is 0 Å². The SMILES string of the molecule is Cc1cccc(Cl)c1-c1c(OCCN2CCOCC2)c(NCCCCN(C)C)cc2c1nc(N)c1cncn12. The Kier molecular flexibility index (Phi) is 8.72. The number of imidazole rings is 1. The number of hydrogen-bond donors (Lipinski definition) is 2. The predicted molar refractivity (Wildman–Crippen MR) is 159 cm³/mol. The number of aryl methyl sites for hydroxylation is 1. The van der Waals surface area contributed by atoms with Crippen LogP contribution in [0.15, 0.2) is 36.8 Å². The normalized spacial score (nSPS) is 14.5. The number of halogens is 1. The Morgan fingerprint density at radius 2 is 1.97 bits per heavy atom. The number of morpholine rings is 1. The number of aromatic nitrogens is 3. The lowest BCUT2D eigenvalue weighted by Crippen LogP contribution is -2.38. The van der Waals surface area contributed by atoms with Crippen molar-refractivity contribution in [3.63, 3.8) is 0 Å². The molecule has 3 heterocycles. The van der Waals surface area contributed by atoms with E-state index in [1.165, 1.54) is 0 Å². The summed E-state index contributed by atoms with van der Waals surface area (Å²) in [7, 11) is 4.20. The highest BCUT2D eigenvalue weighted by Gasteiger charge is 2.24. The van der Waals surface area contributed by atoms with Gasteiger partial charge in [-0.05, 0) is 58.1 Å². The van der Waals surface area contributed by atoms with Gasteiger partial charge < -0.3 is 25.4 Å². The largest absolute Gasteiger partial charge is 0.489 e. The molecule has 0 unspecified atom stereocenters. The first-order valence-corrected chi connectivity index (χ1v) is 14.0. The van der Waals surface area contributed by atoms with Gasteiger partial charge in [-0.3, -0.25) is 9.30 Å². The van der Waals surface area contributed by atoms with Crippen molar-refractivity contribution in [2.24, 2.45) is 0 Å². The number of nitrogens with one attached hydrogen (secondary N) is 1. The zero-order chi connectivity index (χ0) is 27.4. The molecular weight excluding hydrogens is 514 g/mol. The fraction of sp³-hybridized carbons (Fsp3) is 0.448. The van der Waals surface area contributed by atoms with Crippen molar-refractivity contribution in [1.29, 1.82) is 0 Å². The summed E-state index contributed by atoms with van der Waals surface area (Å²) in [5.74, 6) is 1.15. The van der Waals surface area contributed by atoms with Crippen LogP contribution in [0.4, 0.5) is 11.5 Å². The molecule has 1 fully saturated rings. The standard InChI is InChI=1S/C29H38ClN7O2/c1-20-7-6-8-21(30)25(20)26-27-23(37-19-32-18-24(37)29(31)34-27)17-22(33-9-4-5-10-35(2)3)28(26)39-16-13-36-11-14-38-15-12-36/h6-8,17-19,33H,4-5,9-16H2,1-3H3,(H2,31,34). The Bertz CT molecular complexity index is 1410. The zero-order valence-corrected chi connectivity index (χ0v) is 23.8.